The molecule has 0 saturated carbocycles. The summed E-state index contributed by atoms with van der Waals surface area (Å²) in [7, 11) is -1.20. The predicted octanol–water partition coefficient (Wildman–Crippen LogP) is 1.13. The van der Waals surface area contributed by atoms with Gasteiger partial charge in [0.2, 0.25) is 0 Å². The Morgan fingerprint density at radius 1 is 1.33 bits per heavy atom. The Bertz CT molecular complexity index is 497. The van der Waals surface area contributed by atoms with Crippen molar-refractivity contribution in [2.24, 2.45) is 0 Å². The second kappa shape index (κ2) is 5.69. The van der Waals surface area contributed by atoms with Crippen molar-refractivity contribution in [1.29, 1.82) is 0 Å². The summed E-state index contributed by atoms with van der Waals surface area (Å²) >= 11 is 3.30. The lowest BCUT2D eigenvalue weighted by Gasteiger charge is -2.35. The number of likely N-dealkylation sites (N-methyl/N-ethyl adjacent to an activating group) is 1. The minimum absolute atomic E-state index is 0.168. The second-order valence-electron chi connectivity index (χ2n) is 4.57. The highest BCUT2D eigenvalue weighted by Crippen LogP contribution is 2.16. The molecule has 0 aromatic heterocycles. The van der Waals surface area contributed by atoms with E-state index in [1.807, 2.05) is 7.05 Å². The first-order chi connectivity index (χ1) is 8.49. The number of nitrogens with zero attached hydrogens (tertiary/aromatic N) is 1. The zero-order valence-electron chi connectivity index (χ0n) is 10.3. The average Bonchev–Trinajstić information content (AvgIpc) is 2.25. The molecular weight excluding hydrogens is 316 g/mol. The van der Waals surface area contributed by atoms with Gasteiger partial charge in [0, 0.05) is 30.1 Å². The van der Waals surface area contributed by atoms with Gasteiger partial charge in [0.1, 0.15) is 0 Å². The van der Waals surface area contributed by atoms with Crippen LogP contribution in [0, 0.1) is 0 Å². The number of rotatable bonds is 5. The lowest BCUT2D eigenvalue weighted by atomic mass is 10.1. The Balaban J connectivity index is 1.96. The normalized spacial score (nSPS) is 16.8. The summed E-state index contributed by atoms with van der Waals surface area (Å²) in [6.07, 6.45) is 0. The van der Waals surface area contributed by atoms with Crippen LogP contribution in [0.5, 0.6) is 0 Å². The number of sulfone groups is 1. The molecule has 0 spiro atoms. The van der Waals surface area contributed by atoms with Gasteiger partial charge in [0.15, 0.2) is 9.84 Å². The molecule has 1 saturated heterocycles. The van der Waals surface area contributed by atoms with E-state index in [2.05, 4.69) is 26.1 Å². The molecule has 0 unspecified atom stereocenters. The third-order valence-corrected chi connectivity index (χ3v) is 5.51. The molecule has 100 valence electrons. The molecule has 1 aliphatic rings. The van der Waals surface area contributed by atoms with E-state index in [-0.39, 0.29) is 5.75 Å². The molecule has 6 heteroatoms. The molecule has 1 N–H and O–H groups in total. The van der Waals surface area contributed by atoms with Gasteiger partial charge in [-0.3, -0.25) is 4.90 Å². The molecule has 0 atom stereocenters. The first kappa shape index (κ1) is 14.0. The molecule has 0 bridgehead atoms. The molecule has 0 amide bonds. The molecule has 2 rings (SSSR count). The number of benzene rings is 1. The van der Waals surface area contributed by atoms with Crippen LogP contribution in [0.2, 0.25) is 0 Å². The minimum Gasteiger partial charge on any atom is -0.314 e. The van der Waals surface area contributed by atoms with E-state index < -0.39 is 9.84 Å². The minimum atomic E-state index is -3.17. The first-order valence-electron chi connectivity index (χ1n) is 5.88. The van der Waals surface area contributed by atoms with Crippen LogP contribution in [0.3, 0.4) is 0 Å². The molecule has 18 heavy (non-hydrogen) atoms. The van der Waals surface area contributed by atoms with E-state index >= 15 is 0 Å². The van der Waals surface area contributed by atoms with Crippen molar-refractivity contribution in [2.75, 3.05) is 32.4 Å². The largest absolute Gasteiger partial charge is 0.314 e. The van der Waals surface area contributed by atoms with Crippen molar-refractivity contribution in [3.63, 3.8) is 0 Å². The first-order valence-corrected chi connectivity index (χ1v) is 8.33. The molecular formula is C12H17BrN2O2S. The molecule has 1 aromatic rings. The molecule has 0 radical (unpaired) electrons. The molecule has 0 aliphatic carbocycles. The molecule has 1 aromatic carbocycles. The topological polar surface area (TPSA) is 49.4 Å². The van der Waals surface area contributed by atoms with Crippen molar-refractivity contribution in [1.82, 2.24) is 10.2 Å². The fourth-order valence-corrected chi connectivity index (χ4v) is 3.37. The summed E-state index contributed by atoms with van der Waals surface area (Å²) in [6, 6.07) is 7.28. The van der Waals surface area contributed by atoms with Crippen LogP contribution in [0.4, 0.5) is 0 Å². The third-order valence-electron chi connectivity index (χ3n) is 3.27. The Morgan fingerprint density at radius 3 is 2.44 bits per heavy atom. The van der Waals surface area contributed by atoms with Gasteiger partial charge in [-0.15, -0.1) is 0 Å². The van der Waals surface area contributed by atoms with Gasteiger partial charge in [-0.05, 0) is 31.3 Å². The summed E-state index contributed by atoms with van der Waals surface area (Å²) < 4.78 is 25.1. The van der Waals surface area contributed by atoms with Crippen LogP contribution < -0.4 is 5.32 Å². The van der Waals surface area contributed by atoms with E-state index in [0.717, 1.165) is 17.6 Å². The number of hydrogen-bond acceptors (Lipinski definition) is 4. The average molecular weight is 333 g/mol. The zero-order valence-corrected chi connectivity index (χ0v) is 12.7. The molecule has 1 heterocycles. The zero-order chi connectivity index (χ0) is 13.2. The Kier molecular flexibility index (Phi) is 4.42. The van der Waals surface area contributed by atoms with E-state index in [1.54, 1.807) is 24.3 Å². The van der Waals surface area contributed by atoms with Crippen LogP contribution >= 0.6 is 15.9 Å². The van der Waals surface area contributed by atoms with Crippen molar-refractivity contribution in [3.8, 4) is 0 Å². The van der Waals surface area contributed by atoms with Crippen molar-refractivity contribution in [3.05, 3.63) is 28.7 Å². The van der Waals surface area contributed by atoms with Gasteiger partial charge in [-0.25, -0.2) is 8.42 Å². The van der Waals surface area contributed by atoms with Crippen LogP contribution in [0.15, 0.2) is 33.6 Å². The van der Waals surface area contributed by atoms with E-state index in [0.29, 0.717) is 17.5 Å². The van der Waals surface area contributed by atoms with Crippen LogP contribution in [0.25, 0.3) is 0 Å². The fourth-order valence-electron chi connectivity index (χ4n) is 1.79. The van der Waals surface area contributed by atoms with E-state index in [1.165, 1.54) is 0 Å². The van der Waals surface area contributed by atoms with Gasteiger partial charge >= 0.3 is 0 Å². The van der Waals surface area contributed by atoms with Gasteiger partial charge in [0.05, 0.1) is 10.6 Å². The number of halogens is 1. The highest BCUT2D eigenvalue weighted by Gasteiger charge is 2.23. The van der Waals surface area contributed by atoms with E-state index in [9.17, 15) is 8.42 Å². The Morgan fingerprint density at radius 2 is 1.94 bits per heavy atom. The van der Waals surface area contributed by atoms with Crippen LogP contribution in [0.1, 0.15) is 0 Å². The summed E-state index contributed by atoms with van der Waals surface area (Å²) in [5, 5.41) is 3.18. The van der Waals surface area contributed by atoms with Gasteiger partial charge < -0.3 is 5.32 Å². The lowest BCUT2D eigenvalue weighted by Crippen LogP contribution is -2.56. The predicted molar refractivity (Wildman–Crippen MR) is 75.5 cm³/mol. The van der Waals surface area contributed by atoms with E-state index in [4.69, 9.17) is 0 Å². The van der Waals surface area contributed by atoms with Crippen LogP contribution in [-0.2, 0) is 9.84 Å². The summed E-state index contributed by atoms with van der Waals surface area (Å²) in [4.78, 5) is 2.50. The number of nitrogens with one attached hydrogen (secondary N) is 1. The standard InChI is InChI=1S/C12H17BrN2O2S/c1-15(11-8-14-9-11)6-7-18(16,17)12-4-2-10(13)3-5-12/h2-5,11,14H,6-9H2,1H3. The SMILES string of the molecule is CN(CCS(=O)(=O)c1ccc(Br)cc1)C1CNC1. The number of hydrogen-bond donors (Lipinski definition) is 1. The highest BCUT2D eigenvalue weighted by molar-refractivity contribution is 9.10. The summed E-state index contributed by atoms with van der Waals surface area (Å²) in [6.45, 7) is 2.48. The summed E-state index contributed by atoms with van der Waals surface area (Å²) in [5.41, 5.74) is 0. The highest BCUT2D eigenvalue weighted by atomic mass is 79.9. The fraction of sp³-hybridized carbons (Fsp3) is 0.500. The maximum absolute atomic E-state index is 12.1. The van der Waals surface area contributed by atoms with Gasteiger partial charge in [0.25, 0.3) is 0 Å². The van der Waals surface area contributed by atoms with Crippen molar-refractivity contribution in [2.45, 2.75) is 10.9 Å². The van der Waals surface area contributed by atoms with Crippen LogP contribution in [-0.4, -0.2) is 51.8 Å². The Hall–Kier alpha value is -0.430. The van der Waals surface area contributed by atoms with Gasteiger partial charge in [-0.2, -0.15) is 0 Å². The van der Waals surface area contributed by atoms with Crippen molar-refractivity contribution >= 4 is 25.8 Å². The molecule has 1 aliphatic heterocycles. The maximum atomic E-state index is 12.1. The smallest absolute Gasteiger partial charge is 0.179 e. The third kappa shape index (κ3) is 3.32. The molecule has 1 fully saturated rings. The maximum Gasteiger partial charge on any atom is 0.179 e. The lowest BCUT2D eigenvalue weighted by molar-refractivity contribution is 0.189. The second-order valence-corrected chi connectivity index (χ2v) is 7.59. The Labute approximate surface area is 116 Å². The quantitative estimate of drug-likeness (QED) is 0.878. The monoisotopic (exact) mass is 332 g/mol. The van der Waals surface area contributed by atoms with Gasteiger partial charge in [-0.1, -0.05) is 15.9 Å². The van der Waals surface area contributed by atoms with Crippen molar-refractivity contribution < 1.29 is 8.42 Å². The molecule has 4 nitrogen and oxygen atoms in total. The summed E-state index contributed by atoms with van der Waals surface area (Å²) in [5.74, 6) is 0.168.